The number of nitrogens with one attached hydrogen (secondary N) is 2. The van der Waals surface area contributed by atoms with Gasteiger partial charge in [-0.05, 0) is 11.6 Å². The fraction of sp³-hybridized carbons (Fsp3) is 0.133. The van der Waals surface area contributed by atoms with Crippen molar-refractivity contribution >= 4 is 47.1 Å². The fourth-order valence-corrected chi connectivity index (χ4v) is 2.71. The highest BCUT2D eigenvalue weighted by Gasteiger charge is 2.32. The molecule has 1 aliphatic heterocycles. The van der Waals surface area contributed by atoms with Gasteiger partial charge in [-0.3, -0.25) is 14.9 Å². The lowest BCUT2D eigenvalue weighted by molar-refractivity contribution is -0.124. The van der Waals surface area contributed by atoms with Crippen molar-refractivity contribution < 1.29 is 14.4 Å². The Labute approximate surface area is 142 Å². The maximum Gasteiger partial charge on any atom is 0.318 e. The van der Waals surface area contributed by atoms with Crippen LogP contribution in [-0.2, 0) is 9.59 Å². The molecule has 0 bridgehead atoms. The molecule has 0 spiro atoms. The fourth-order valence-electron chi connectivity index (χ4n) is 1.79. The second kappa shape index (κ2) is 8.63. The summed E-state index contributed by atoms with van der Waals surface area (Å²) in [5.41, 5.74) is 5.87. The Bertz CT molecular complexity index is 715. The van der Waals surface area contributed by atoms with Gasteiger partial charge in [-0.2, -0.15) is 5.10 Å². The highest BCUT2D eigenvalue weighted by atomic mass is 32.2. The Morgan fingerprint density at radius 3 is 2.79 bits per heavy atom. The third-order valence-electron chi connectivity index (χ3n) is 2.80. The average Bonchev–Trinajstić information content (AvgIpc) is 2.87. The third-order valence-corrected chi connectivity index (χ3v) is 3.87. The predicted octanol–water partition coefficient (Wildman–Crippen LogP) is 0.858. The van der Waals surface area contributed by atoms with Gasteiger partial charge in [0.05, 0.1) is 0 Å². The molecule has 4 amide bonds. The zero-order valence-electron chi connectivity index (χ0n) is 12.5. The Kier molecular flexibility index (Phi) is 6.26. The lowest BCUT2D eigenvalue weighted by Crippen LogP contribution is -2.37. The van der Waals surface area contributed by atoms with Gasteiger partial charge in [0.2, 0.25) is 11.8 Å². The predicted molar refractivity (Wildman–Crippen MR) is 93.3 cm³/mol. The molecule has 8 nitrogen and oxygen atoms in total. The third kappa shape index (κ3) is 5.69. The van der Waals surface area contributed by atoms with Gasteiger partial charge >= 0.3 is 6.03 Å². The molecule has 24 heavy (non-hydrogen) atoms. The van der Waals surface area contributed by atoms with Gasteiger partial charge in [0.1, 0.15) is 5.25 Å². The monoisotopic (exact) mass is 345 g/mol. The molecule has 1 fully saturated rings. The van der Waals surface area contributed by atoms with Crippen LogP contribution in [0.2, 0.25) is 0 Å². The van der Waals surface area contributed by atoms with E-state index in [-0.39, 0.29) is 12.3 Å². The molecule has 0 aromatic heterocycles. The van der Waals surface area contributed by atoms with Crippen LogP contribution in [0.15, 0.2) is 46.6 Å². The molecule has 0 aliphatic carbocycles. The molecule has 0 unspecified atom stereocenters. The number of amides is 4. The topological polar surface area (TPSA) is 126 Å². The molecule has 1 aromatic carbocycles. The number of rotatable bonds is 5. The molecule has 1 aliphatic rings. The van der Waals surface area contributed by atoms with Crippen molar-refractivity contribution in [2.45, 2.75) is 11.7 Å². The standard InChI is InChI=1S/C15H15N5O3S/c16-14(23)18-12(21)9-11-13(22)19-15(24-11)20-17-8-4-7-10-5-2-1-3-6-10/h1-8,11H,9H2,(H,19,20,22)(H3,16,18,21,23)/b7-4+,17-8-/t11-/m1/s1. The number of carbonyl (C=O) groups is 3. The van der Waals surface area contributed by atoms with Crippen molar-refractivity contribution in [3.8, 4) is 0 Å². The minimum atomic E-state index is -0.952. The first-order valence-electron chi connectivity index (χ1n) is 6.94. The molecule has 1 saturated heterocycles. The van der Waals surface area contributed by atoms with E-state index in [0.29, 0.717) is 5.17 Å². The van der Waals surface area contributed by atoms with E-state index in [1.165, 1.54) is 6.21 Å². The zero-order chi connectivity index (χ0) is 17.4. The number of benzene rings is 1. The summed E-state index contributed by atoms with van der Waals surface area (Å²) in [5.74, 6) is -0.987. The Morgan fingerprint density at radius 1 is 1.33 bits per heavy atom. The van der Waals surface area contributed by atoms with Crippen molar-refractivity contribution in [2.75, 3.05) is 0 Å². The summed E-state index contributed by atoms with van der Waals surface area (Å²) in [5, 5.41) is 11.7. The van der Waals surface area contributed by atoms with Crippen LogP contribution in [0.5, 0.6) is 0 Å². The largest absolute Gasteiger partial charge is 0.351 e. The van der Waals surface area contributed by atoms with Crippen LogP contribution in [0, 0.1) is 0 Å². The van der Waals surface area contributed by atoms with Crippen molar-refractivity contribution in [2.24, 2.45) is 15.9 Å². The molecular formula is C15H15N5O3S. The van der Waals surface area contributed by atoms with Gasteiger partial charge in [-0.25, -0.2) is 4.79 Å². The number of hydrogen-bond donors (Lipinski definition) is 3. The summed E-state index contributed by atoms with van der Waals surface area (Å²) in [7, 11) is 0. The molecule has 0 saturated carbocycles. The van der Waals surface area contributed by atoms with E-state index >= 15 is 0 Å². The molecule has 2 rings (SSSR count). The van der Waals surface area contributed by atoms with E-state index in [4.69, 9.17) is 5.73 Å². The highest BCUT2D eigenvalue weighted by molar-refractivity contribution is 8.15. The summed E-state index contributed by atoms with van der Waals surface area (Å²) >= 11 is 1.07. The molecule has 9 heteroatoms. The first-order valence-corrected chi connectivity index (χ1v) is 7.82. The van der Waals surface area contributed by atoms with Crippen LogP contribution in [0.3, 0.4) is 0 Å². The van der Waals surface area contributed by atoms with Crippen LogP contribution in [0.4, 0.5) is 4.79 Å². The number of amidine groups is 1. The number of nitrogens with zero attached hydrogens (tertiary/aromatic N) is 2. The number of thioether (sulfide) groups is 1. The second-order valence-electron chi connectivity index (χ2n) is 4.65. The maximum absolute atomic E-state index is 11.7. The van der Waals surface area contributed by atoms with Crippen molar-refractivity contribution in [1.82, 2.24) is 10.6 Å². The lowest BCUT2D eigenvalue weighted by atomic mass is 10.2. The highest BCUT2D eigenvalue weighted by Crippen LogP contribution is 2.22. The number of carbonyl (C=O) groups excluding carboxylic acids is 3. The smallest absolute Gasteiger partial charge is 0.318 e. The van der Waals surface area contributed by atoms with Gasteiger partial charge in [-0.15, -0.1) is 5.10 Å². The molecule has 4 N–H and O–H groups in total. The minimum Gasteiger partial charge on any atom is -0.351 e. The summed E-state index contributed by atoms with van der Waals surface area (Å²) < 4.78 is 0. The number of allylic oxidation sites excluding steroid dienone is 1. The number of imide groups is 1. The Morgan fingerprint density at radius 2 is 2.08 bits per heavy atom. The van der Waals surface area contributed by atoms with Gasteiger partial charge in [0.15, 0.2) is 5.17 Å². The normalized spacial score (nSPS) is 19.1. The molecule has 0 radical (unpaired) electrons. The quantitative estimate of drug-likeness (QED) is 0.540. The summed E-state index contributed by atoms with van der Waals surface area (Å²) in [4.78, 5) is 33.7. The van der Waals surface area contributed by atoms with E-state index in [9.17, 15) is 14.4 Å². The summed E-state index contributed by atoms with van der Waals surface area (Å²) in [6.45, 7) is 0. The minimum absolute atomic E-state index is 0.171. The van der Waals surface area contributed by atoms with E-state index < -0.39 is 17.2 Å². The first kappa shape index (κ1) is 17.4. The summed E-state index contributed by atoms with van der Waals surface area (Å²) in [6, 6.07) is 8.73. The molecule has 124 valence electrons. The second-order valence-corrected chi connectivity index (χ2v) is 5.84. The Balaban J connectivity index is 1.85. The van der Waals surface area contributed by atoms with Crippen molar-refractivity contribution in [3.05, 3.63) is 42.0 Å². The van der Waals surface area contributed by atoms with Crippen LogP contribution in [0.1, 0.15) is 12.0 Å². The number of nitrogens with two attached hydrogens (primary N) is 1. The van der Waals surface area contributed by atoms with Gasteiger partial charge < -0.3 is 11.1 Å². The van der Waals surface area contributed by atoms with E-state index in [1.54, 1.807) is 6.08 Å². The van der Waals surface area contributed by atoms with Crippen molar-refractivity contribution in [3.63, 3.8) is 0 Å². The molecule has 1 heterocycles. The average molecular weight is 345 g/mol. The molecular weight excluding hydrogens is 330 g/mol. The maximum atomic E-state index is 11.7. The van der Waals surface area contributed by atoms with E-state index in [1.807, 2.05) is 41.7 Å². The number of hydrogen-bond acceptors (Lipinski definition) is 6. The van der Waals surface area contributed by atoms with Crippen LogP contribution >= 0.6 is 11.8 Å². The van der Waals surface area contributed by atoms with Crippen LogP contribution in [-0.4, -0.2) is 34.5 Å². The zero-order valence-corrected chi connectivity index (χ0v) is 13.3. The number of primary amides is 1. The van der Waals surface area contributed by atoms with Gasteiger partial charge in [0, 0.05) is 12.6 Å². The SMILES string of the molecule is NC(=O)NC(=O)C[C@H]1S\C(=N/N=C\C=C\c2ccccc2)NC1=O. The Hall–Kier alpha value is -2.94. The van der Waals surface area contributed by atoms with Gasteiger partial charge in [-0.1, -0.05) is 48.2 Å². The first-order chi connectivity index (χ1) is 11.5. The number of urea groups is 1. The lowest BCUT2D eigenvalue weighted by Gasteiger charge is -2.03. The van der Waals surface area contributed by atoms with Crippen LogP contribution < -0.4 is 16.4 Å². The molecule has 1 atom stereocenters. The van der Waals surface area contributed by atoms with E-state index in [0.717, 1.165) is 17.3 Å². The summed E-state index contributed by atoms with van der Waals surface area (Å²) in [6.07, 6.45) is 4.90. The molecule has 1 aromatic rings. The van der Waals surface area contributed by atoms with E-state index in [2.05, 4.69) is 15.5 Å². The van der Waals surface area contributed by atoms with Gasteiger partial charge in [0.25, 0.3) is 0 Å². The van der Waals surface area contributed by atoms with Crippen LogP contribution in [0.25, 0.3) is 6.08 Å². The van der Waals surface area contributed by atoms with Crippen molar-refractivity contribution in [1.29, 1.82) is 0 Å².